The lowest BCUT2D eigenvalue weighted by Crippen LogP contribution is -2.56. The van der Waals surface area contributed by atoms with Crippen molar-refractivity contribution in [2.75, 3.05) is 13.1 Å². The van der Waals surface area contributed by atoms with Crippen molar-refractivity contribution >= 4 is 12.0 Å². The molecule has 2 aromatic carbocycles. The molecule has 0 aliphatic heterocycles. The van der Waals surface area contributed by atoms with Crippen molar-refractivity contribution in [3.8, 4) is 11.5 Å². The van der Waals surface area contributed by atoms with Gasteiger partial charge in [-0.05, 0) is 49.2 Å². The Labute approximate surface area is 170 Å². The second-order valence-electron chi connectivity index (χ2n) is 7.17. The Bertz CT molecular complexity index is 805. The molecule has 1 aliphatic rings. The van der Waals surface area contributed by atoms with Gasteiger partial charge in [0.1, 0.15) is 11.5 Å². The molecule has 29 heavy (non-hydrogen) atoms. The smallest absolute Gasteiger partial charge is 0.317 e. The van der Waals surface area contributed by atoms with Crippen LogP contribution in [0.1, 0.15) is 25.3 Å². The van der Waals surface area contributed by atoms with E-state index in [1.807, 2.05) is 66.4 Å². The number of hydrogen-bond donors (Lipinski definition) is 3. The molecule has 7 nitrogen and oxygen atoms in total. The van der Waals surface area contributed by atoms with Gasteiger partial charge in [0.15, 0.2) is 0 Å². The summed E-state index contributed by atoms with van der Waals surface area (Å²) in [6, 6.07) is 17.3. The number of carbonyl (C=O) groups excluding carboxylic acids is 1. The number of carbonyl (C=O) groups is 2. The van der Waals surface area contributed by atoms with Gasteiger partial charge in [-0.1, -0.05) is 37.3 Å². The Morgan fingerprint density at radius 1 is 1.07 bits per heavy atom. The molecule has 2 amide bonds. The van der Waals surface area contributed by atoms with Crippen LogP contribution in [0.25, 0.3) is 0 Å². The summed E-state index contributed by atoms with van der Waals surface area (Å²) in [5, 5.41) is 14.7. The molecule has 3 rings (SSSR count). The van der Waals surface area contributed by atoms with E-state index in [1.165, 1.54) is 0 Å². The standard InChI is InChI=1S/C22H27N3O4/c1-2-25(15-21(26)27)18-12-17(13-18)24-22(28)23-14-16-8-10-20(11-9-16)29-19-6-4-3-5-7-19/h3-11,17-18H,2,12-15H2,1H3,(H,26,27)(H2,23,24,28). The summed E-state index contributed by atoms with van der Waals surface area (Å²) in [4.78, 5) is 24.9. The van der Waals surface area contributed by atoms with E-state index in [9.17, 15) is 9.59 Å². The van der Waals surface area contributed by atoms with Crippen molar-refractivity contribution in [2.24, 2.45) is 0 Å². The molecule has 1 aliphatic carbocycles. The molecule has 1 fully saturated rings. The summed E-state index contributed by atoms with van der Waals surface area (Å²) in [6.07, 6.45) is 1.56. The van der Waals surface area contributed by atoms with E-state index in [2.05, 4.69) is 10.6 Å². The van der Waals surface area contributed by atoms with E-state index in [1.54, 1.807) is 0 Å². The predicted molar refractivity (Wildman–Crippen MR) is 110 cm³/mol. The van der Waals surface area contributed by atoms with E-state index < -0.39 is 5.97 Å². The first-order valence-electron chi connectivity index (χ1n) is 9.85. The van der Waals surface area contributed by atoms with Gasteiger partial charge in [-0.3, -0.25) is 9.69 Å². The van der Waals surface area contributed by atoms with E-state index in [0.717, 1.165) is 29.9 Å². The molecule has 0 atom stereocenters. The molecule has 1 saturated carbocycles. The second kappa shape index (κ2) is 9.93. The fraction of sp³-hybridized carbons (Fsp3) is 0.364. The van der Waals surface area contributed by atoms with Crippen molar-refractivity contribution in [3.63, 3.8) is 0 Å². The number of amides is 2. The number of nitrogens with zero attached hydrogens (tertiary/aromatic N) is 1. The molecule has 0 unspecified atom stereocenters. The van der Waals surface area contributed by atoms with Crippen molar-refractivity contribution in [3.05, 3.63) is 60.2 Å². The quantitative estimate of drug-likeness (QED) is 0.604. The second-order valence-corrected chi connectivity index (χ2v) is 7.17. The maximum atomic E-state index is 12.1. The number of para-hydroxylation sites is 1. The Morgan fingerprint density at radius 2 is 1.72 bits per heavy atom. The van der Waals surface area contributed by atoms with Gasteiger partial charge in [0.25, 0.3) is 0 Å². The van der Waals surface area contributed by atoms with Crippen LogP contribution in [-0.4, -0.2) is 47.2 Å². The first-order valence-corrected chi connectivity index (χ1v) is 9.85. The largest absolute Gasteiger partial charge is 0.480 e. The molecule has 7 heteroatoms. The molecule has 0 heterocycles. The highest BCUT2D eigenvalue weighted by Gasteiger charge is 2.34. The Hall–Kier alpha value is -3.06. The minimum Gasteiger partial charge on any atom is -0.480 e. The number of carboxylic acids is 1. The SMILES string of the molecule is CCN(CC(=O)O)C1CC(NC(=O)NCc2ccc(Oc3ccccc3)cc2)C1. The van der Waals surface area contributed by atoms with E-state index >= 15 is 0 Å². The monoisotopic (exact) mass is 397 g/mol. The highest BCUT2D eigenvalue weighted by atomic mass is 16.5. The summed E-state index contributed by atoms with van der Waals surface area (Å²) in [7, 11) is 0. The molecular weight excluding hydrogens is 370 g/mol. The number of nitrogens with one attached hydrogen (secondary N) is 2. The number of likely N-dealkylation sites (N-methyl/N-ethyl adjacent to an activating group) is 1. The summed E-state index contributed by atoms with van der Waals surface area (Å²) >= 11 is 0. The number of hydrogen-bond acceptors (Lipinski definition) is 4. The Morgan fingerprint density at radius 3 is 2.34 bits per heavy atom. The van der Waals surface area contributed by atoms with Crippen LogP contribution in [-0.2, 0) is 11.3 Å². The average Bonchev–Trinajstić information content (AvgIpc) is 2.69. The first-order chi connectivity index (χ1) is 14.0. The van der Waals surface area contributed by atoms with Crippen molar-refractivity contribution in [1.29, 1.82) is 0 Å². The van der Waals surface area contributed by atoms with Crippen molar-refractivity contribution < 1.29 is 19.4 Å². The maximum absolute atomic E-state index is 12.1. The Balaban J connectivity index is 1.37. The van der Waals surface area contributed by atoms with Crippen LogP contribution in [0.5, 0.6) is 11.5 Å². The number of aliphatic carboxylic acids is 1. The summed E-state index contributed by atoms with van der Waals surface area (Å²) in [5.74, 6) is 0.703. The normalized spacial score (nSPS) is 18.0. The number of carboxylic acid groups (broad SMARTS) is 1. The summed E-state index contributed by atoms with van der Waals surface area (Å²) in [5.41, 5.74) is 0.977. The molecule has 154 valence electrons. The number of benzene rings is 2. The van der Waals surface area contributed by atoms with Gasteiger partial charge in [-0.2, -0.15) is 0 Å². The van der Waals surface area contributed by atoms with Gasteiger partial charge >= 0.3 is 12.0 Å². The van der Waals surface area contributed by atoms with Crippen LogP contribution < -0.4 is 15.4 Å². The topological polar surface area (TPSA) is 90.9 Å². The number of urea groups is 1. The minimum absolute atomic E-state index is 0.0457. The van der Waals surface area contributed by atoms with Crippen LogP contribution in [0, 0.1) is 0 Å². The third-order valence-corrected chi connectivity index (χ3v) is 5.06. The first kappa shape index (κ1) is 20.7. The van der Waals surface area contributed by atoms with E-state index in [4.69, 9.17) is 9.84 Å². The molecule has 2 aromatic rings. The zero-order valence-corrected chi connectivity index (χ0v) is 16.5. The third kappa shape index (κ3) is 6.22. The molecule has 0 spiro atoms. The van der Waals surface area contributed by atoms with E-state index in [0.29, 0.717) is 13.1 Å². The summed E-state index contributed by atoms with van der Waals surface area (Å²) < 4.78 is 5.76. The summed E-state index contributed by atoms with van der Waals surface area (Å²) in [6.45, 7) is 3.12. The predicted octanol–water partition coefficient (Wildman–Crippen LogP) is 3.22. The highest BCUT2D eigenvalue weighted by Crippen LogP contribution is 2.25. The molecule has 3 N–H and O–H groups in total. The fourth-order valence-electron chi connectivity index (χ4n) is 3.40. The van der Waals surface area contributed by atoms with Gasteiger partial charge in [-0.25, -0.2) is 4.79 Å². The Kier molecular flexibility index (Phi) is 7.08. The van der Waals surface area contributed by atoms with Crippen molar-refractivity contribution in [2.45, 2.75) is 38.4 Å². The molecule has 0 bridgehead atoms. The number of rotatable bonds is 9. The molecule has 0 aromatic heterocycles. The molecule has 0 saturated heterocycles. The van der Waals surface area contributed by atoms with Gasteiger partial charge in [0.2, 0.25) is 0 Å². The zero-order valence-electron chi connectivity index (χ0n) is 16.5. The van der Waals surface area contributed by atoms with Gasteiger partial charge in [0, 0.05) is 18.6 Å². The van der Waals surface area contributed by atoms with Crippen LogP contribution >= 0.6 is 0 Å². The van der Waals surface area contributed by atoms with Gasteiger partial charge in [0.05, 0.1) is 6.54 Å². The zero-order chi connectivity index (χ0) is 20.6. The molecular formula is C22H27N3O4. The van der Waals surface area contributed by atoms with Gasteiger partial charge in [-0.15, -0.1) is 0 Å². The van der Waals surface area contributed by atoms with Crippen LogP contribution in [0.15, 0.2) is 54.6 Å². The third-order valence-electron chi connectivity index (χ3n) is 5.06. The van der Waals surface area contributed by atoms with Crippen LogP contribution in [0.2, 0.25) is 0 Å². The van der Waals surface area contributed by atoms with Crippen LogP contribution in [0.4, 0.5) is 4.79 Å². The fourth-order valence-corrected chi connectivity index (χ4v) is 3.40. The lowest BCUT2D eigenvalue weighted by atomic mass is 9.85. The van der Waals surface area contributed by atoms with Gasteiger partial charge < -0.3 is 20.5 Å². The highest BCUT2D eigenvalue weighted by molar-refractivity contribution is 5.74. The van der Waals surface area contributed by atoms with Crippen LogP contribution in [0.3, 0.4) is 0 Å². The van der Waals surface area contributed by atoms with Crippen molar-refractivity contribution in [1.82, 2.24) is 15.5 Å². The lowest BCUT2D eigenvalue weighted by Gasteiger charge is -2.42. The number of ether oxygens (including phenoxy) is 1. The lowest BCUT2D eigenvalue weighted by molar-refractivity contribution is -0.139. The van der Waals surface area contributed by atoms with E-state index in [-0.39, 0.29) is 24.7 Å². The minimum atomic E-state index is -0.818. The average molecular weight is 397 g/mol. The molecule has 0 radical (unpaired) electrons. The maximum Gasteiger partial charge on any atom is 0.317 e.